The van der Waals surface area contributed by atoms with Crippen LogP contribution < -0.4 is 4.74 Å². The Morgan fingerprint density at radius 2 is 2.09 bits per heavy atom. The highest BCUT2D eigenvalue weighted by Crippen LogP contribution is 2.24. The fourth-order valence-electron chi connectivity index (χ4n) is 2.91. The van der Waals surface area contributed by atoms with E-state index in [9.17, 15) is 4.79 Å². The number of ether oxygens (including phenoxy) is 1. The molecule has 2 aromatic rings. The highest BCUT2D eigenvalue weighted by molar-refractivity contribution is 5.96. The highest BCUT2D eigenvalue weighted by atomic mass is 16.5. The molecule has 1 aliphatic heterocycles. The monoisotopic (exact) mass is 316 g/mol. The fourth-order valence-corrected chi connectivity index (χ4v) is 2.91. The predicted octanol–water partition coefficient (Wildman–Crippen LogP) is 1.72. The minimum Gasteiger partial charge on any atom is -0.478 e. The second kappa shape index (κ2) is 6.36. The first-order valence-corrected chi connectivity index (χ1v) is 7.79. The van der Waals surface area contributed by atoms with Gasteiger partial charge >= 0.3 is 0 Å². The zero-order chi connectivity index (χ0) is 16.4. The van der Waals surface area contributed by atoms with Gasteiger partial charge in [-0.3, -0.25) is 4.79 Å². The van der Waals surface area contributed by atoms with Gasteiger partial charge in [-0.15, -0.1) is 0 Å². The van der Waals surface area contributed by atoms with Crippen molar-refractivity contribution >= 4 is 5.91 Å². The van der Waals surface area contributed by atoms with Crippen LogP contribution in [0.5, 0.6) is 5.88 Å². The van der Waals surface area contributed by atoms with Crippen LogP contribution in [0.1, 0.15) is 40.0 Å². The van der Waals surface area contributed by atoms with Gasteiger partial charge in [0.1, 0.15) is 17.7 Å². The Morgan fingerprint density at radius 3 is 2.78 bits per heavy atom. The summed E-state index contributed by atoms with van der Waals surface area (Å²) in [5, 5.41) is 3.87. The second-order valence-electron chi connectivity index (χ2n) is 5.53. The molecule has 7 heteroatoms. The van der Waals surface area contributed by atoms with E-state index in [4.69, 9.17) is 9.26 Å². The molecule has 7 nitrogen and oxygen atoms in total. The molecule has 0 radical (unpaired) electrons. The number of carbonyl (C=O) groups excluding carboxylic acids is 1. The van der Waals surface area contributed by atoms with E-state index in [1.165, 1.54) is 6.33 Å². The number of aryl methyl sites for hydroxylation is 2. The number of hydrogen-bond donors (Lipinski definition) is 0. The topological polar surface area (TPSA) is 81.4 Å². The minimum atomic E-state index is -0.0417. The van der Waals surface area contributed by atoms with Crippen LogP contribution in [0, 0.1) is 13.8 Å². The molecule has 0 saturated carbocycles. The van der Waals surface area contributed by atoms with Gasteiger partial charge in [-0.2, -0.15) is 0 Å². The van der Waals surface area contributed by atoms with Crippen LogP contribution in [0.4, 0.5) is 0 Å². The van der Waals surface area contributed by atoms with Crippen LogP contribution in [0.3, 0.4) is 0 Å². The van der Waals surface area contributed by atoms with Crippen LogP contribution in [0.15, 0.2) is 10.9 Å². The molecule has 0 saturated heterocycles. The van der Waals surface area contributed by atoms with Crippen molar-refractivity contribution in [2.45, 2.75) is 33.6 Å². The number of hydrogen-bond acceptors (Lipinski definition) is 6. The Labute approximate surface area is 134 Å². The summed E-state index contributed by atoms with van der Waals surface area (Å²) in [5.41, 5.74) is 3.15. The first kappa shape index (κ1) is 15.5. The maximum absolute atomic E-state index is 12.8. The zero-order valence-electron chi connectivity index (χ0n) is 13.6. The molecule has 122 valence electrons. The quantitative estimate of drug-likeness (QED) is 0.857. The van der Waals surface area contributed by atoms with Crippen molar-refractivity contribution in [3.05, 3.63) is 34.6 Å². The molecule has 0 unspecified atom stereocenters. The third kappa shape index (κ3) is 2.91. The van der Waals surface area contributed by atoms with Gasteiger partial charge in [-0.25, -0.2) is 9.97 Å². The van der Waals surface area contributed by atoms with Crippen LogP contribution >= 0.6 is 0 Å². The van der Waals surface area contributed by atoms with E-state index in [0.717, 1.165) is 11.3 Å². The molecular formula is C16H20N4O3. The molecule has 2 aromatic heterocycles. The molecule has 23 heavy (non-hydrogen) atoms. The second-order valence-corrected chi connectivity index (χ2v) is 5.53. The molecule has 1 amide bonds. The van der Waals surface area contributed by atoms with Crippen molar-refractivity contribution in [1.82, 2.24) is 20.0 Å². The lowest BCUT2D eigenvalue weighted by molar-refractivity contribution is 0.0760. The SMILES string of the molecule is CCOc1ncnc2c1CCN(C(=O)c1c(C)noc1C)CC2. The lowest BCUT2D eigenvalue weighted by Gasteiger charge is -2.19. The Hall–Kier alpha value is -2.44. The predicted molar refractivity (Wildman–Crippen MR) is 82.5 cm³/mol. The van der Waals surface area contributed by atoms with E-state index in [1.807, 2.05) is 11.8 Å². The Balaban J connectivity index is 1.82. The summed E-state index contributed by atoms with van der Waals surface area (Å²) in [7, 11) is 0. The van der Waals surface area contributed by atoms with E-state index in [2.05, 4.69) is 15.1 Å². The van der Waals surface area contributed by atoms with Crippen molar-refractivity contribution in [2.24, 2.45) is 0 Å². The van der Waals surface area contributed by atoms with Gasteiger partial charge in [0, 0.05) is 25.1 Å². The van der Waals surface area contributed by atoms with Gasteiger partial charge in [-0.05, 0) is 27.2 Å². The van der Waals surface area contributed by atoms with Crippen molar-refractivity contribution in [2.75, 3.05) is 19.7 Å². The summed E-state index contributed by atoms with van der Waals surface area (Å²) in [6.07, 6.45) is 2.89. The molecule has 3 rings (SSSR count). The Bertz CT molecular complexity index is 707. The summed E-state index contributed by atoms with van der Waals surface area (Å²) in [6, 6.07) is 0. The molecular weight excluding hydrogens is 296 g/mol. The number of fused-ring (bicyclic) bond motifs is 1. The third-order valence-corrected chi connectivity index (χ3v) is 4.06. The summed E-state index contributed by atoms with van der Waals surface area (Å²) in [4.78, 5) is 23.2. The summed E-state index contributed by atoms with van der Waals surface area (Å²) in [5.74, 6) is 1.15. The first-order chi connectivity index (χ1) is 11.1. The molecule has 3 heterocycles. The van der Waals surface area contributed by atoms with Crippen molar-refractivity contribution in [1.29, 1.82) is 0 Å². The van der Waals surface area contributed by atoms with Gasteiger partial charge < -0.3 is 14.2 Å². The summed E-state index contributed by atoms with van der Waals surface area (Å²) in [6.45, 7) is 7.25. The Kier molecular flexibility index (Phi) is 4.27. The van der Waals surface area contributed by atoms with E-state index in [0.29, 0.717) is 55.4 Å². The van der Waals surface area contributed by atoms with Crippen LogP contribution in [0.2, 0.25) is 0 Å². The van der Waals surface area contributed by atoms with Gasteiger partial charge in [0.2, 0.25) is 5.88 Å². The average Bonchev–Trinajstić information content (AvgIpc) is 2.75. The number of aromatic nitrogens is 3. The van der Waals surface area contributed by atoms with E-state index < -0.39 is 0 Å². The zero-order valence-corrected chi connectivity index (χ0v) is 13.6. The molecule has 0 N–H and O–H groups in total. The largest absolute Gasteiger partial charge is 0.478 e. The lowest BCUT2D eigenvalue weighted by atomic mass is 10.1. The van der Waals surface area contributed by atoms with Gasteiger partial charge in [0.15, 0.2) is 0 Å². The minimum absolute atomic E-state index is 0.0417. The van der Waals surface area contributed by atoms with Gasteiger partial charge in [0.05, 0.1) is 18.0 Å². The maximum Gasteiger partial charge on any atom is 0.259 e. The van der Waals surface area contributed by atoms with Crippen LogP contribution in [-0.2, 0) is 12.8 Å². The smallest absolute Gasteiger partial charge is 0.259 e. The van der Waals surface area contributed by atoms with E-state index in [1.54, 1.807) is 13.8 Å². The molecule has 0 spiro atoms. The first-order valence-electron chi connectivity index (χ1n) is 7.79. The lowest BCUT2D eigenvalue weighted by Crippen LogP contribution is -2.33. The van der Waals surface area contributed by atoms with Crippen molar-refractivity contribution in [3.63, 3.8) is 0 Å². The highest BCUT2D eigenvalue weighted by Gasteiger charge is 2.26. The number of amides is 1. The van der Waals surface area contributed by atoms with Crippen LogP contribution in [0.25, 0.3) is 0 Å². The van der Waals surface area contributed by atoms with Crippen molar-refractivity contribution < 1.29 is 14.1 Å². The average molecular weight is 316 g/mol. The van der Waals surface area contributed by atoms with Gasteiger partial charge in [0.25, 0.3) is 5.91 Å². The maximum atomic E-state index is 12.8. The molecule has 0 atom stereocenters. The summed E-state index contributed by atoms with van der Waals surface area (Å²) >= 11 is 0. The molecule has 0 aromatic carbocycles. The number of rotatable bonds is 3. The fraction of sp³-hybridized carbons (Fsp3) is 0.500. The summed E-state index contributed by atoms with van der Waals surface area (Å²) < 4.78 is 10.7. The standard InChI is InChI=1S/C16H20N4O3/c1-4-22-15-12-5-7-20(8-6-13(12)17-9-18-15)16(21)14-10(2)19-23-11(14)3/h9H,4-8H2,1-3H3. The van der Waals surface area contributed by atoms with Crippen molar-refractivity contribution in [3.8, 4) is 5.88 Å². The number of carbonyl (C=O) groups is 1. The number of nitrogens with zero attached hydrogens (tertiary/aromatic N) is 4. The molecule has 1 aliphatic rings. The normalized spacial score (nSPS) is 14.3. The molecule has 0 aliphatic carbocycles. The van der Waals surface area contributed by atoms with Gasteiger partial charge in [-0.1, -0.05) is 5.16 Å². The van der Waals surface area contributed by atoms with Crippen LogP contribution in [-0.4, -0.2) is 45.6 Å². The van der Waals surface area contributed by atoms with E-state index in [-0.39, 0.29) is 5.91 Å². The Morgan fingerprint density at radius 1 is 1.30 bits per heavy atom. The molecule has 0 fully saturated rings. The third-order valence-electron chi connectivity index (χ3n) is 4.06. The van der Waals surface area contributed by atoms with E-state index >= 15 is 0 Å². The molecule has 0 bridgehead atoms.